The maximum atomic E-state index is 12.5. The highest BCUT2D eigenvalue weighted by Crippen LogP contribution is 2.39. The van der Waals surface area contributed by atoms with Gasteiger partial charge in [-0.3, -0.25) is 0 Å². The summed E-state index contributed by atoms with van der Waals surface area (Å²) in [6, 6.07) is 8.85. The van der Waals surface area contributed by atoms with Gasteiger partial charge in [0.25, 0.3) is 0 Å². The van der Waals surface area contributed by atoms with E-state index in [0.717, 1.165) is 18.5 Å². The minimum Gasteiger partial charge on any atom is -0.508 e. The third-order valence-electron chi connectivity index (χ3n) is 4.30. The first-order valence-corrected chi connectivity index (χ1v) is 7.54. The number of rotatable bonds is 2. The highest BCUT2D eigenvalue weighted by Gasteiger charge is 2.26. The Morgan fingerprint density at radius 1 is 1.22 bits per heavy atom. The van der Waals surface area contributed by atoms with Gasteiger partial charge in [-0.05, 0) is 44.0 Å². The molecule has 0 aliphatic heterocycles. The molecule has 116 valence electrons. The summed E-state index contributed by atoms with van der Waals surface area (Å²) in [5.74, 6) is 0.759. The normalized spacial score (nSPS) is 14.3. The Kier molecular flexibility index (Phi) is 2.87. The van der Waals surface area contributed by atoms with Crippen molar-refractivity contribution in [1.29, 1.82) is 0 Å². The number of fused-ring (bicyclic) bond motifs is 1. The van der Waals surface area contributed by atoms with Crippen molar-refractivity contribution in [2.75, 3.05) is 5.73 Å². The number of benzene rings is 1. The van der Waals surface area contributed by atoms with E-state index in [1.807, 2.05) is 12.1 Å². The lowest BCUT2D eigenvalue weighted by molar-refractivity contribution is 0.470. The van der Waals surface area contributed by atoms with Crippen molar-refractivity contribution in [1.82, 2.24) is 14.5 Å². The van der Waals surface area contributed by atoms with Crippen LogP contribution in [-0.2, 0) is 0 Å². The smallest absolute Gasteiger partial charge is 0.355 e. The van der Waals surface area contributed by atoms with Crippen LogP contribution < -0.4 is 11.4 Å². The summed E-state index contributed by atoms with van der Waals surface area (Å²) in [5.41, 5.74) is 8.02. The Morgan fingerprint density at radius 2 is 2.00 bits per heavy atom. The summed E-state index contributed by atoms with van der Waals surface area (Å²) >= 11 is 0. The average Bonchev–Trinajstić information content (AvgIpc) is 3.35. The molecule has 3 aromatic rings. The Balaban J connectivity index is 2.10. The van der Waals surface area contributed by atoms with Gasteiger partial charge in [0, 0.05) is 17.2 Å². The molecule has 0 saturated heterocycles. The lowest BCUT2D eigenvalue weighted by atomic mass is 10.1. The van der Waals surface area contributed by atoms with Crippen LogP contribution in [-0.4, -0.2) is 19.6 Å². The summed E-state index contributed by atoms with van der Waals surface area (Å²) in [4.78, 5) is 21.0. The largest absolute Gasteiger partial charge is 0.508 e. The number of hydrogen-bond acceptors (Lipinski definition) is 5. The van der Waals surface area contributed by atoms with Crippen molar-refractivity contribution in [3.8, 4) is 11.4 Å². The van der Waals surface area contributed by atoms with E-state index in [-0.39, 0.29) is 11.6 Å². The van der Waals surface area contributed by atoms with Crippen molar-refractivity contribution in [2.24, 2.45) is 0 Å². The third-order valence-corrected chi connectivity index (χ3v) is 4.30. The lowest BCUT2D eigenvalue weighted by Crippen LogP contribution is -2.24. The van der Waals surface area contributed by atoms with Crippen LogP contribution in [0.25, 0.3) is 16.7 Å². The number of anilines is 1. The lowest BCUT2D eigenvalue weighted by Gasteiger charge is -2.14. The number of nitrogens with zero attached hydrogens (tertiary/aromatic N) is 3. The summed E-state index contributed by atoms with van der Waals surface area (Å²) in [5, 5.41) is 10.6. The zero-order valence-electron chi connectivity index (χ0n) is 12.7. The summed E-state index contributed by atoms with van der Waals surface area (Å²) in [6.45, 7) is 1.75. The van der Waals surface area contributed by atoms with Crippen LogP contribution in [0.2, 0.25) is 0 Å². The van der Waals surface area contributed by atoms with Gasteiger partial charge in [0.15, 0.2) is 5.65 Å². The SMILES string of the molecule is Cc1c(O)cccc1-n1c(=O)nc(N)c2ccc(C3CC3)nc21. The molecular weight excluding hydrogens is 292 g/mol. The maximum Gasteiger partial charge on any atom is 0.355 e. The first kappa shape index (κ1) is 13.8. The van der Waals surface area contributed by atoms with Gasteiger partial charge in [0.1, 0.15) is 11.6 Å². The first-order chi connectivity index (χ1) is 11.1. The average molecular weight is 308 g/mol. The number of aromatic hydroxyl groups is 1. The predicted octanol–water partition coefficient (Wildman–Crippen LogP) is 2.25. The predicted molar refractivity (Wildman–Crippen MR) is 87.9 cm³/mol. The second-order valence-corrected chi connectivity index (χ2v) is 5.92. The van der Waals surface area contributed by atoms with Crippen LogP contribution >= 0.6 is 0 Å². The zero-order chi connectivity index (χ0) is 16.1. The fourth-order valence-electron chi connectivity index (χ4n) is 2.81. The van der Waals surface area contributed by atoms with Crippen LogP contribution in [0.4, 0.5) is 5.82 Å². The molecule has 0 atom stereocenters. The van der Waals surface area contributed by atoms with Crippen molar-refractivity contribution < 1.29 is 5.11 Å². The van der Waals surface area contributed by atoms with Crippen LogP contribution in [0.1, 0.15) is 30.0 Å². The van der Waals surface area contributed by atoms with E-state index in [1.54, 1.807) is 25.1 Å². The molecule has 1 aliphatic carbocycles. The van der Waals surface area contributed by atoms with E-state index >= 15 is 0 Å². The molecule has 23 heavy (non-hydrogen) atoms. The fraction of sp³-hybridized carbons (Fsp3) is 0.235. The van der Waals surface area contributed by atoms with E-state index in [4.69, 9.17) is 5.73 Å². The van der Waals surface area contributed by atoms with E-state index in [1.165, 1.54) is 4.57 Å². The molecule has 1 fully saturated rings. The molecule has 0 bridgehead atoms. The van der Waals surface area contributed by atoms with E-state index in [9.17, 15) is 9.90 Å². The van der Waals surface area contributed by atoms with Crippen molar-refractivity contribution in [3.05, 3.63) is 52.1 Å². The van der Waals surface area contributed by atoms with Gasteiger partial charge in [-0.2, -0.15) is 4.98 Å². The fourth-order valence-corrected chi connectivity index (χ4v) is 2.81. The van der Waals surface area contributed by atoms with Gasteiger partial charge in [0.05, 0.1) is 11.1 Å². The number of aromatic nitrogens is 3. The van der Waals surface area contributed by atoms with Crippen LogP contribution in [0.5, 0.6) is 5.75 Å². The summed E-state index contributed by atoms with van der Waals surface area (Å²) in [7, 11) is 0. The molecule has 2 aromatic heterocycles. The van der Waals surface area contributed by atoms with Crippen LogP contribution in [0, 0.1) is 6.92 Å². The molecule has 1 aromatic carbocycles. The number of phenols is 1. The first-order valence-electron chi connectivity index (χ1n) is 7.54. The second-order valence-electron chi connectivity index (χ2n) is 5.92. The zero-order valence-corrected chi connectivity index (χ0v) is 12.7. The third kappa shape index (κ3) is 2.14. The van der Waals surface area contributed by atoms with Crippen molar-refractivity contribution in [3.63, 3.8) is 0 Å². The Morgan fingerprint density at radius 3 is 2.74 bits per heavy atom. The van der Waals surface area contributed by atoms with Gasteiger partial charge in [-0.15, -0.1) is 0 Å². The Labute approximate surface area is 132 Å². The highest BCUT2D eigenvalue weighted by molar-refractivity contribution is 5.86. The monoisotopic (exact) mass is 308 g/mol. The molecule has 6 heteroatoms. The molecule has 2 heterocycles. The number of nitrogen functional groups attached to an aromatic ring is 1. The molecule has 0 unspecified atom stereocenters. The Bertz CT molecular complexity index is 990. The molecule has 1 saturated carbocycles. The van der Waals surface area contributed by atoms with Gasteiger partial charge >= 0.3 is 5.69 Å². The van der Waals surface area contributed by atoms with Crippen molar-refractivity contribution >= 4 is 16.9 Å². The molecule has 6 nitrogen and oxygen atoms in total. The standard InChI is InChI=1S/C17H16N4O2/c1-9-13(3-2-4-14(9)22)21-16-11(15(18)20-17(21)23)7-8-12(19-16)10-5-6-10/h2-4,7-8,10,22H,5-6H2,1H3,(H2,18,20,23). The quantitative estimate of drug-likeness (QED) is 0.757. The highest BCUT2D eigenvalue weighted by atomic mass is 16.3. The summed E-state index contributed by atoms with van der Waals surface area (Å²) < 4.78 is 1.42. The van der Waals surface area contributed by atoms with Gasteiger partial charge in [0.2, 0.25) is 0 Å². The summed E-state index contributed by atoms with van der Waals surface area (Å²) in [6.07, 6.45) is 2.24. The molecule has 3 N–H and O–H groups in total. The number of nitrogens with two attached hydrogens (primary N) is 1. The minimum atomic E-state index is -0.496. The van der Waals surface area contributed by atoms with Crippen LogP contribution in [0.15, 0.2) is 35.1 Å². The molecule has 0 spiro atoms. The topological polar surface area (TPSA) is 94.0 Å². The van der Waals surface area contributed by atoms with E-state index < -0.39 is 5.69 Å². The van der Waals surface area contributed by atoms with Gasteiger partial charge in [-0.25, -0.2) is 14.3 Å². The number of hydrogen-bond donors (Lipinski definition) is 2. The molecule has 0 radical (unpaired) electrons. The molecule has 4 rings (SSSR count). The number of phenolic OH excluding ortho intramolecular Hbond substituents is 1. The van der Waals surface area contributed by atoms with Crippen LogP contribution in [0.3, 0.4) is 0 Å². The second kappa shape index (κ2) is 4.81. The van der Waals surface area contributed by atoms with E-state index in [0.29, 0.717) is 28.2 Å². The minimum absolute atomic E-state index is 0.123. The van der Waals surface area contributed by atoms with Gasteiger partial charge in [-0.1, -0.05) is 6.07 Å². The number of pyridine rings is 1. The molecule has 1 aliphatic rings. The van der Waals surface area contributed by atoms with Crippen molar-refractivity contribution in [2.45, 2.75) is 25.7 Å². The molecular formula is C17H16N4O2. The van der Waals surface area contributed by atoms with Gasteiger partial charge < -0.3 is 10.8 Å². The maximum absolute atomic E-state index is 12.5. The molecule has 0 amide bonds. The Hall–Kier alpha value is -2.89. The van der Waals surface area contributed by atoms with E-state index in [2.05, 4.69) is 9.97 Å².